The molecular formula is C12H19NO2. The number of Topliss-reactive ketones (excluding diaryl/α,β-unsaturated/α-hetero) is 1. The third-order valence-electron chi connectivity index (χ3n) is 3.35. The van der Waals surface area contributed by atoms with Crippen molar-refractivity contribution in [3.05, 3.63) is 11.8 Å². The molecule has 0 saturated carbocycles. The van der Waals surface area contributed by atoms with Gasteiger partial charge in [0.2, 0.25) is 0 Å². The van der Waals surface area contributed by atoms with Crippen LogP contribution in [0.4, 0.5) is 0 Å². The summed E-state index contributed by atoms with van der Waals surface area (Å²) in [6.45, 7) is 3.72. The molecular weight excluding hydrogens is 190 g/mol. The lowest BCUT2D eigenvalue weighted by Crippen LogP contribution is -2.52. The van der Waals surface area contributed by atoms with Crippen molar-refractivity contribution in [1.29, 1.82) is 0 Å². The Morgan fingerprint density at radius 1 is 1.47 bits per heavy atom. The summed E-state index contributed by atoms with van der Waals surface area (Å²) < 4.78 is 5.23. The summed E-state index contributed by atoms with van der Waals surface area (Å²) in [5.41, 5.74) is 0.517. The Hall–Kier alpha value is -0.830. The minimum Gasteiger partial charge on any atom is -0.501 e. The number of nitrogens with one attached hydrogen (secondary N) is 1. The molecule has 0 aromatic carbocycles. The van der Waals surface area contributed by atoms with Crippen molar-refractivity contribution in [2.45, 2.75) is 44.6 Å². The molecule has 1 saturated heterocycles. The normalized spacial score (nSPS) is 31.7. The second-order valence-electron chi connectivity index (χ2n) is 4.66. The van der Waals surface area contributed by atoms with Gasteiger partial charge in [-0.2, -0.15) is 0 Å². The first-order chi connectivity index (χ1) is 7.22. The summed E-state index contributed by atoms with van der Waals surface area (Å²) in [6, 6.07) is 0. The molecule has 3 nitrogen and oxygen atoms in total. The molecule has 2 rings (SSSR count). The van der Waals surface area contributed by atoms with Gasteiger partial charge in [0.15, 0.2) is 5.78 Å². The van der Waals surface area contributed by atoms with Crippen LogP contribution in [0.1, 0.15) is 39.0 Å². The first-order valence-corrected chi connectivity index (χ1v) is 5.83. The van der Waals surface area contributed by atoms with Crippen molar-refractivity contribution in [2.75, 3.05) is 13.2 Å². The molecule has 84 valence electrons. The molecule has 1 atom stereocenters. The topological polar surface area (TPSA) is 38.3 Å². The monoisotopic (exact) mass is 209 g/mol. The van der Waals surface area contributed by atoms with Crippen LogP contribution >= 0.6 is 0 Å². The van der Waals surface area contributed by atoms with Crippen LogP contribution < -0.4 is 5.32 Å². The molecule has 1 N–H and O–H groups in total. The SMILES string of the molecule is CC1(C(=O)C2=COCCC2)CCCCN1. The van der Waals surface area contributed by atoms with E-state index in [1.807, 2.05) is 6.92 Å². The zero-order valence-corrected chi connectivity index (χ0v) is 9.34. The second-order valence-corrected chi connectivity index (χ2v) is 4.66. The third kappa shape index (κ3) is 2.23. The highest BCUT2D eigenvalue weighted by atomic mass is 16.5. The van der Waals surface area contributed by atoms with Crippen LogP contribution in [0.15, 0.2) is 11.8 Å². The average Bonchev–Trinajstić information content (AvgIpc) is 2.30. The first kappa shape index (κ1) is 10.7. The Morgan fingerprint density at radius 2 is 2.33 bits per heavy atom. The molecule has 0 bridgehead atoms. The quantitative estimate of drug-likeness (QED) is 0.753. The van der Waals surface area contributed by atoms with Gasteiger partial charge in [-0.15, -0.1) is 0 Å². The number of piperidine rings is 1. The van der Waals surface area contributed by atoms with Gasteiger partial charge in [-0.3, -0.25) is 4.79 Å². The second kappa shape index (κ2) is 4.35. The molecule has 1 fully saturated rings. The number of ketones is 1. The summed E-state index contributed by atoms with van der Waals surface area (Å²) in [5, 5.41) is 3.35. The Morgan fingerprint density at radius 3 is 2.93 bits per heavy atom. The van der Waals surface area contributed by atoms with Crippen molar-refractivity contribution >= 4 is 5.78 Å². The van der Waals surface area contributed by atoms with Crippen LogP contribution in [-0.4, -0.2) is 24.5 Å². The average molecular weight is 209 g/mol. The van der Waals surface area contributed by atoms with Gasteiger partial charge >= 0.3 is 0 Å². The molecule has 2 heterocycles. The molecule has 2 aliphatic rings. The maximum absolute atomic E-state index is 12.3. The van der Waals surface area contributed by atoms with Crippen LogP contribution in [0.3, 0.4) is 0 Å². The first-order valence-electron chi connectivity index (χ1n) is 5.83. The number of carbonyl (C=O) groups is 1. The lowest BCUT2D eigenvalue weighted by molar-refractivity contribution is -0.122. The Bertz CT molecular complexity index is 277. The summed E-state index contributed by atoms with van der Waals surface area (Å²) in [4.78, 5) is 12.3. The molecule has 0 amide bonds. The van der Waals surface area contributed by atoms with Gasteiger partial charge in [0.1, 0.15) is 0 Å². The van der Waals surface area contributed by atoms with Crippen molar-refractivity contribution in [2.24, 2.45) is 0 Å². The largest absolute Gasteiger partial charge is 0.501 e. The lowest BCUT2D eigenvalue weighted by atomic mass is 9.82. The van der Waals surface area contributed by atoms with E-state index in [9.17, 15) is 4.79 Å². The van der Waals surface area contributed by atoms with E-state index in [1.54, 1.807) is 6.26 Å². The minimum absolute atomic E-state index is 0.238. The highest BCUT2D eigenvalue weighted by Gasteiger charge is 2.36. The van der Waals surface area contributed by atoms with E-state index in [4.69, 9.17) is 4.74 Å². The van der Waals surface area contributed by atoms with Gasteiger partial charge < -0.3 is 10.1 Å². The van der Waals surface area contributed by atoms with E-state index in [0.717, 1.165) is 44.4 Å². The zero-order chi connectivity index (χ0) is 10.7. The van der Waals surface area contributed by atoms with Crippen LogP contribution in [-0.2, 0) is 9.53 Å². The fourth-order valence-corrected chi connectivity index (χ4v) is 2.34. The molecule has 0 aromatic rings. The number of hydrogen-bond donors (Lipinski definition) is 1. The van der Waals surface area contributed by atoms with Crippen LogP contribution in [0.2, 0.25) is 0 Å². The van der Waals surface area contributed by atoms with Gasteiger partial charge in [0.25, 0.3) is 0 Å². The molecule has 1 unspecified atom stereocenters. The minimum atomic E-state index is -0.342. The fraction of sp³-hybridized carbons (Fsp3) is 0.750. The van der Waals surface area contributed by atoms with Crippen molar-refractivity contribution in [1.82, 2.24) is 5.32 Å². The van der Waals surface area contributed by atoms with E-state index < -0.39 is 0 Å². The van der Waals surface area contributed by atoms with Gasteiger partial charge in [0, 0.05) is 5.57 Å². The van der Waals surface area contributed by atoms with E-state index in [-0.39, 0.29) is 11.3 Å². The summed E-state index contributed by atoms with van der Waals surface area (Å²) in [5.74, 6) is 0.238. The van der Waals surface area contributed by atoms with E-state index >= 15 is 0 Å². The standard InChI is InChI=1S/C12H19NO2/c1-12(6-2-3-7-13-12)11(14)10-5-4-8-15-9-10/h9,13H,2-8H2,1H3. The zero-order valence-electron chi connectivity index (χ0n) is 9.34. The highest BCUT2D eigenvalue weighted by molar-refractivity contribution is 6.02. The van der Waals surface area contributed by atoms with Crippen molar-refractivity contribution in [3.8, 4) is 0 Å². The molecule has 0 spiro atoms. The van der Waals surface area contributed by atoms with Crippen molar-refractivity contribution < 1.29 is 9.53 Å². The number of hydrogen-bond acceptors (Lipinski definition) is 3. The van der Waals surface area contributed by atoms with Crippen LogP contribution in [0.25, 0.3) is 0 Å². The number of rotatable bonds is 2. The number of ether oxygens (including phenoxy) is 1. The molecule has 0 aromatic heterocycles. The maximum Gasteiger partial charge on any atom is 0.181 e. The van der Waals surface area contributed by atoms with Crippen LogP contribution in [0, 0.1) is 0 Å². The van der Waals surface area contributed by atoms with Crippen molar-refractivity contribution in [3.63, 3.8) is 0 Å². The van der Waals surface area contributed by atoms with Gasteiger partial charge in [-0.25, -0.2) is 0 Å². The van der Waals surface area contributed by atoms with E-state index in [0.29, 0.717) is 0 Å². The van der Waals surface area contributed by atoms with E-state index in [1.165, 1.54) is 6.42 Å². The third-order valence-corrected chi connectivity index (χ3v) is 3.35. The van der Waals surface area contributed by atoms with Gasteiger partial charge in [-0.05, 0) is 45.6 Å². The Kier molecular flexibility index (Phi) is 3.10. The predicted octanol–water partition coefficient (Wildman–Crippen LogP) is 1.78. The summed E-state index contributed by atoms with van der Waals surface area (Å²) >= 11 is 0. The Balaban J connectivity index is 2.08. The molecule has 2 aliphatic heterocycles. The van der Waals surface area contributed by atoms with Crippen LogP contribution in [0.5, 0.6) is 0 Å². The molecule has 0 radical (unpaired) electrons. The fourth-order valence-electron chi connectivity index (χ4n) is 2.34. The maximum atomic E-state index is 12.3. The van der Waals surface area contributed by atoms with Gasteiger partial charge in [-0.1, -0.05) is 0 Å². The summed E-state index contributed by atoms with van der Waals surface area (Å²) in [6.07, 6.45) is 6.77. The molecule has 3 heteroatoms. The van der Waals surface area contributed by atoms with E-state index in [2.05, 4.69) is 5.32 Å². The smallest absolute Gasteiger partial charge is 0.181 e. The lowest BCUT2D eigenvalue weighted by Gasteiger charge is -2.34. The molecule has 15 heavy (non-hydrogen) atoms. The van der Waals surface area contributed by atoms with Gasteiger partial charge in [0.05, 0.1) is 18.4 Å². The predicted molar refractivity (Wildman–Crippen MR) is 58.5 cm³/mol. The highest BCUT2D eigenvalue weighted by Crippen LogP contribution is 2.25. The number of carbonyl (C=O) groups excluding carboxylic acids is 1. The molecule has 0 aliphatic carbocycles. The Labute approximate surface area is 90.9 Å². The summed E-state index contributed by atoms with van der Waals surface area (Å²) in [7, 11) is 0.